The van der Waals surface area contributed by atoms with Crippen LogP contribution in [0.15, 0.2) is 30.5 Å². The molecule has 1 saturated heterocycles. The highest BCUT2D eigenvalue weighted by molar-refractivity contribution is 7.19. The van der Waals surface area contributed by atoms with Crippen molar-refractivity contribution in [1.82, 2.24) is 9.97 Å². The van der Waals surface area contributed by atoms with Crippen LogP contribution in [0.1, 0.15) is 10.4 Å². The van der Waals surface area contributed by atoms with Crippen LogP contribution in [0.2, 0.25) is 0 Å². The van der Waals surface area contributed by atoms with Gasteiger partial charge in [0.25, 0.3) is 0 Å². The summed E-state index contributed by atoms with van der Waals surface area (Å²) in [7, 11) is 0. The van der Waals surface area contributed by atoms with Crippen molar-refractivity contribution in [2.75, 3.05) is 31.2 Å². The smallest absolute Gasteiger partial charge is 0.162 e. The van der Waals surface area contributed by atoms with Crippen molar-refractivity contribution in [2.24, 2.45) is 5.73 Å². The van der Waals surface area contributed by atoms with Crippen LogP contribution in [0.4, 0.5) is 10.2 Å². The quantitative estimate of drug-likeness (QED) is 0.717. The highest BCUT2D eigenvalue weighted by Crippen LogP contribution is 2.35. The maximum absolute atomic E-state index is 13.9. The molecule has 0 amide bonds. The summed E-state index contributed by atoms with van der Waals surface area (Å²) in [5.74, 6) is 0.853. The fourth-order valence-electron chi connectivity index (χ4n) is 3.12. The number of aliphatic hydroxyl groups is 1. The van der Waals surface area contributed by atoms with Crippen LogP contribution in [-0.2, 0) is 11.3 Å². The molecule has 0 saturated carbocycles. The fraction of sp³-hybridized carbons (Fsp3) is 0.263. The molecule has 0 spiro atoms. The Bertz CT molecular complexity index is 999. The number of fused-ring (bicyclic) bond motifs is 1. The van der Waals surface area contributed by atoms with Crippen molar-refractivity contribution in [1.29, 1.82) is 0 Å². The van der Waals surface area contributed by atoms with E-state index >= 15 is 0 Å². The number of hydrogen-bond acceptors (Lipinski definition) is 7. The molecule has 1 fully saturated rings. The van der Waals surface area contributed by atoms with Crippen molar-refractivity contribution < 1.29 is 14.2 Å². The first-order valence-electron chi connectivity index (χ1n) is 8.62. The Kier molecular flexibility index (Phi) is 5.02. The van der Waals surface area contributed by atoms with Crippen molar-refractivity contribution in [2.45, 2.75) is 6.61 Å². The molecule has 6 nitrogen and oxygen atoms in total. The summed E-state index contributed by atoms with van der Waals surface area (Å²) >= 11 is 1.47. The first-order valence-corrected chi connectivity index (χ1v) is 9.43. The number of halogens is 1. The molecule has 0 bridgehead atoms. The van der Waals surface area contributed by atoms with Gasteiger partial charge in [-0.25, -0.2) is 14.4 Å². The van der Waals surface area contributed by atoms with Crippen LogP contribution in [-0.4, -0.2) is 41.4 Å². The van der Waals surface area contributed by atoms with E-state index in [0.717, 1.165) is 39.6 Å². The number of benzene rings is 1. The number of ether oxygens (including phenoxy) is 1. The molecule has 8 heteroatoms. The van der Waals surface area contributed by atoms with Gasteiger partial charge in [0.05, 0.1) is 30.0 Å². The molecule has 3 aromatic rings. The van der Waals surface area contributed by atoms with Crippen LogP contribution in [0.3, 0.4) is 0 Å². The molecule has 0 aliphatic carbocycles. The molecule has 1 aliphatic heterocycles. The molecule has 0 radical (unpaired) electrons. The Hall–Kier alpha value is -2.55. The minimum Gasteiger partial charge on any atom is -0.405 e. The molecule has 27 heavy (non-hydrogen) atoms. The van der Waals surface area contributed by atoms with Gasteiger partial charge in [0.1, 0.15) is 5.82 Å². The van der Waals surface area contributed by atoms with Gasteiger partial charge in [0.15, 0.2) is 11.6 Å². The fourth-order valence-corrected chi connectivity index (χ4v) is 4.10. The zero-order valence-corrected chi connectivity index (χ0v) is 15.4. The standard InChI is InChI=1S/C19H19FN4O2S/c20-13-2-1-12(3-4-21)15(9-13)18-22-16-10-14(11-25)27-17(16)19(23-18)24-5-7-26-8-6-24/h1-4,9-10,25H,5-8,11,21H2/b4-3-. The Morgan fingerprint density at radius 3 is 2.81 bits per heavy atom. The molecule has 0 atom stereocenters. The Labute approximate surface area is 159 Å². The molecule has 1 aromatic carbocycles. The van der Waals surface area contributed by atoms with E-state index in [0.29, 0.717) is 24.6 Å². The lowest BCUT2D eigenvalue weighted by Crippen LogP contribution is -2.36. The van der Waals surface area contributed by atoms with Gasteiger partial charge in [-0.2, -0.15) is 0 Å². The molecular weight excluding hydrogens is 367 g/mol. The molecule has 3 heterocycles. The third-order valence-corrected chi connectivity index (χ3v) is 5.51. The first kappa shape index (κ1) is 17.8. The van der Waals surface area contributed by atoms with Crippen LogP contribution >= 0.6 is 11.3 Å². The van der Waals surface area contributed by atoms with Gasteiger partial charge in [-0.3, -0.25) is 0 Å². The third kappa shape index (κ3) is 3.51. The average Bonchev–Trinajstić information content (AvgIpc) is 3.12. The maximum atomic E-state index is 13.9. The van der Waals surface area contributed by atoms with Gasteiger partial charge in [0, 0.05) is 23.5 Å². The lowest BCUT2D eigenvalue weighted by molar-refractivity contribution is 0.122. The van der Waals surface area contributed by atoms with E-state index in [1.165, 1.54) is 29.7 Å². The zero-order chi connectivity index (χ0) is 18.8. The lowest BCUT2D eigenvalue weighted by atomic mass is 10.1. The van der Waals surface area contributed by atoms with E-state index in [4.69, 9.17) is 15.5 Å². The number of thiophene rings is 1. The van der Waals surface area contributed by atoms with E-state index in [1.54, 1.807) is 12.1 Å². The number of nitrogens with zero attached hydrogens (tertiary/aromatic N) is 3. The number of morpholine rings is 1. The lowest BCUT2D eigenvalue weighted by Gasteiger charge is -2.28. The Morgan fingerprint density at radius 2 is 2.07 bits per heavy atom. The number of nitrogens with two attached hydrogens (primary N) is 1. The van der Waals surface area contributed by atoms with E-state index in [-0.39, 0.29) is 12.4 Å². The molecule has 4 rings (SSSR count). The monoisotopic (exact) mass is 386 g/mol. The van der Waals surface area contributed by atoms with E-state index < -0.39 is 0 Å². The first-order chi connectivity index (χ1) is 13.2. The highest BCUT2D eigenvalue weighted by atomic mass is 32.1. The number of rotatable bonds is 4. The SMILES string of the molecule is N/C=C\c1ccc(F)cc1-c1nc(N2CCOCC2)c2sc(CO)cc2n1. The van der Waals surface area contributed by atoms with Crippen molar-refractivity contribution in [3.63, 3.8) is 0 Å². The van der Waals surface area contributed by atoms with E-state index in [1.807, 2.05) is 6.07 Å². The Balaban J connectivity index is 1.93. The minimum atomic E-state index is -0.364. The van der Waals surface area contributed by atoms with Gasteiger partial charge in [-0.1, -0.05) is 6.07 Å². The second-order valence-corrected chi connectivity index (χ2v) is 7.28. The van der Waals surface area contributed by atoms with Gasteiger partial charge in [0.2, 0.25) is 0 Å². The van der Waals surface area contributed by atoms with Gasteiger partial charge in [-0.15, -0.1) is 11.3 Å². The summed E-state index contributed by atoms with van der Waals surface area (Å²) in [4.78, 5) is 12.4. The second kappa shape index (κ2) is 7.59. The van der Waals surface area contributed by atoms with Crippen LogP contribution in [0, 0.1) is 5.82 Å². The van der Waals surface area contributed by atoms with Crippen LogP contribution in [0.5, 0.6) is 0 Å². The number of aromatic nitrogens is 2. The predicted octanol–water partition coefficient (Wildman–Crippen LogP) is 2.76. The summed E-state index contributed by atoms with van der Waals surface area (Å²) in [6.45, 7) is 2.63. The summed E-state index contributed by atoms with van der Waals surface area (Å²) in [6, 6.07) is 6.31. The summed E-state index contributed by atoms with van der Waals surface area (Å²) < 4.78 is 20.3. The summed E-state index contributed by atoms with van der Waals surface area (Å²) in [5.41, 5.74) is 7.59. The number of hydrogen-bond donors (Lipinski definition) is 2. The van der Waals surface area contributed by atoms with Crippen LogP contribution in [0.25, 0.3) is 27.7 Å². The van der Waals surface area contributed by atoms with Crippen molar-refractivity contribution >= 4 is 33.4 Å². The largest absolute Gasteiger partial charge is 0.405 e. The number of anilines is 1. The van der Waals surface area contributed by atoms with Gasteiger partial charge < -0.3 is 20.5 Å². The minimum absolute atomic E-state index is 0.0555. The van der Waals surface area contributed by atoms with Gasteiger partial charge >= 0.3 is 0 Å². The molecule has 1 aliphatic rings. The maximum Gasteiger partial charge on any atom is 0.162 e. The van der Waals surface area contributed by atoms with Crippen molar-refractivity contribution in [3.8, 4) is 11.4 Å². The summed E-state index contributed by atoms with van der Waals surface area (Å²) in [5, 5.41) is 9.53. The zero-order valence-electron chi connectivity index (χ0n) is 14.6. The molecule has 140 valence electrons. The van der Waals surface area contributed by atoms with Crippen LogP contribution < -0.4 is 10.6 Å². The predicted molar refractivity (Wildman–Crippen MR) is 105 cm³/mol. The second-order valence-electron chi connectivity index (χ2n) is 6.15. The topological polar surface area (TPSA) is 84.5 Å². The molecule has 2 aromatic heterocycles. The third-order valence-electron chi connectivity index (χ3n) is 4.40. The van der Waals surface area contributed by atoms with Gasteiger partial charge in [-0.05, 0) is 36.0 Å². The Morgan fingerprint density at radius 1 is 1.26 bits per heavy atom. The highest BCUT2D eigenvalue weighted by Gasteiger charge is 2.21. The number of aliphatic hydroxyl groups excluding tert-OH is 1. The van der Waals surface area contributed by atoms with E-state index in [2.05, 4.69) is 9.88 Å². The molecular formula is C19H19FN4O2S. The molecule has 0 unspecified atom stereocenters. The average molecular weight is 386 g/mol. The normalized spacial score (nSPS) is 15.1. The van der Waals surface area contributed by atoms with Crippen molar-refractivity contribution in [3.05, 3.63) is 46.7 Å². The van der Waals surface area contributed by atoms with E-state index in [9.17, 15) is 9.50 Å². The summed E-state index contributed by atoms with van der Waals surface area (Å²) in [6.07, 6.45) is 3.11. The molecule has 3 N–H and O–H groups in total.